The molecule has 0 saturated carbocycles. The van der Waals surface area contributed by atoms with Crippen molar-refractivity contribution in [3.05, 3.63) is 34.7 Å². The Labute approximate surface area is 120 Å². The van der Waals surface area contributed by atoms with E-state index in [2.05, 4.69) is 0 Å². The summed E-state index contributed by atoms with van der Waals surface area (Å²) in [6.45, 7) is 2.05. The topological polar surface area (TPSA) is 57.7 Å². The molecule has 102 valence electrons. The number of amides is 3. The van der Waals surface area contributed by atoms with E-state index in [4.69, 9.17) is 0 Å². The summed E-state index contributed by atoms with van der Waals surface area (Å²) in [5.74, 6) is -0.622. The van der Waals surface area contributed by atoms with Gasteiger partial charge in [-0.3, -0.25) is 19.3 Å². The second kappa shape index (κ2) is 4.49. The van der Waals surface area contributed by atoms with E-state index >= 15 is 0 Å². The average Bonchev–Trinajstić information content (AvgIpc) is 2.86. The van der Waals surface area contributed by atoms with Crippen LogP contribution >= 0.6 is 11.8 Å². The summed E-state index contributed by atoms with van der Waals surface area (Å²) in [7, 11) is 1.66. The van der Waals surface area contributed by atoms with Gasteiger partial charge in [0, 0.05) is 19.2 Å². The van der Waals surface area contributed by atoms with E-state index in [1.165, 1.54) is 4.90 Å². The molecule has 1 saturated heterocycles. The number of para-hydroxylation sites is 1. The Morgan fingerprint density at radius 2 is 1.80 bits per heavy atom. The predicted octanol–water partition coefficient (Wildman–Crippen LogP) is 2.09. The van der Waals surface area contributed by atoms with E-state index in [1.54, 1.807) is 20.0 Å². The highest BCUT2D eigenvalue weighted by molar-refractivity contribution is 8.18. The number of anilines is 1. The number of carbonyl (C=O) groups excluding carboxylic acids is 3. The molecule has 0 aromatic heterocycles. The lowest BCUT2D eigenvalue weighted by molar-refractivity contribution is -0.123. The SMILES string of the molecule is CCN1C(=O)S/C(=C2\C(=O)N(C)c3ccccc32)C1=O. The Balaban J connectivity index is 2.20. The van der Waals surface area contributed by atoms with Gasteiger partial charge in [-0.25, -0.2) is 0 Å². The van der Waals surface area contributed by atoms with Gasteiger partial charge in [-0.05, 0) is 24.8 Å². The average molecular weight is 288 g/mol. The minimum absolute atomic E-state index is 0.235. The highest BCUT2D eigenvalue weighted by atomic mass is 32.2. The zero-order chi connectivity index (χ0) is 14.4. The Hall–Kier alpha value is -2.08. The van der Waals surface area contributed by atoms with Gasteiger partial charge in [-0.15, -0.1) is 0 Å². The lowest BCUT2D eigenvalue weighted by Gasteiger charge is -2.08. The number of carbonyl (C=O) groups is 3. The van der Waals surface area contributed by atoms with Gasteiger partial charge in [0.25, 0.3) is 17.1 Å². The molecule has 3 amide bonds. The molecule has 2 heterocycles. The minimum Gasteiger partial charge on any atom is -0.311 e. The molecule has 2 aliphatic rings. The van der Waals surface area contributed by atoms with Gasteiger partial charge >= 0.3 is 0 Å². The van der Waals surface area contributed by atoms with Crippen LogP contribution in [0.4, 0.5) is 10.5 Å². The van der Waals surface area contributed by atoms with Crippen LogP contribution in [0.5, 0.6) is 0 Å². The van der Waals surface area contributed by atoms with Crippen LogP contribution in [0, 0.1) is 0 Å². The van der Waals surface area contributed by atoms with Crippen LogP contribution in [0.25, 0.3) is 5.57 Å². The molecule has 20 heavy (non-hydrogen) atoms. The lowest BCUT2D eigenvalue weighted by Crippen LogP contribution is -2.28. The number of hydrogen-bond donors (Lipinski definition) is 0. The summed E-state index contributed by atoms with van der Waals surface area (Å²) in [5, 5.41) is -0.320. The molecular weight excluding hydrogens is 276 g/mol. The smallest absolute Gasteiger partial charge is 0.293 e. The van der Waals surface area contributed by atoms with Crippen molar-refractivity contribution in [3.63, 3.8) is 0 Å². The van der Waals surface area contributed by atoms with Crippen LogP contribution in [0.1, 0.15) is 12.5 Å². The molecule has 0 aliphatic carbocycles. The number of nitrogens with zero attached hydrogens (tertiary/aromatic N) is 2. The predicted molar refractivity (Wildman–Crippen MR) is 77.1 cm³/mol. The first-order valence-corrected chi connectivity index (χ1v) is 7.03. The third-order valence-corrected chi connectivity index (χ3v) is 4.42. The highest BCUT2D eigenvalue weighted by Crippen LogP contribution is 2.43. The number of hydrogen-bond acceptors (Lipinski definition) is 4. The molecule has 6 heteroatoms. The van der Waals surface area contributed by atoms with Gasteiger partial charge < -0.3 is 4.90 Å². The molecule has 5 nitrogen and oxygen atoms in total. The monoisotopic (exact) mass is 288 g/mol. The third-order valence-electron chi connectivity index (χ3n) is 3.45. The molecule has 1 fully saturated rings. The molecular formula is C14H12N2O3S. The third kappa shape index (κ3) is 1.61. The van der Waals surface area contributed by atoms with Gasteiger partial charge in [0.2, 0.25) is 0 Å². The van der Waals surface area contributed by atoms with Gasteiger partial charge in [0.1, 0.15) is 0 Å². The van der Waals surface area contributed by atoms with Crippen molar-refractivity contribution in [2.24, 2.45) is 0 Å². The van der Waals surface area contributed by atoms with Crippen molar-refractivity contribution < 1.29 is 14.4 Å². The molecule has 0 radical (unpaired) electrons. The second-order valence-electron chi connectivity index (χ2n) is 4.50. The van der Waals surface area contributed by atoms with Crippen LogP contribution in [0.15, 0.2) is 29.2 Å². The molecule has 0 unspecified atom stereocenters. The zero-order valence-electron chi connectivity index (χ0n) is 11.0. The van der Waals surface area contributed by atoms with Crippen LogP contribution in [0.2, 0.25) is 0 Å². The largest absolute Gasteiger partial charge is 0.311 e. The minimum atomic E-state index is -0.379. The quantitative estimate of drug-likeness (QED) is 0.742. The fourth-order valence-electron chi connectivity index (χ4n) is 2.41. The Morgan fingerprint density at radius 3 is 2.45 bits per heavy atom. The van der Waals surface area contributed by atoms with E-state index in [9.17, 15) is 14.4 Å². The van der Waals surface area contributed by atoms with Crippen LogP contribution in [-0.2, 0) is 9.59 Å². The number of fused-ring (bicyclic) bond motifs is 1. The molecule has 0 N–H and O–H groups in total. The Kier molecular flexibility index (Phi) is 2.90. The van der Waals surface area contributed by atoms with Crippen molar-refractivity contribution >= 4 is 40.1 Å². The van der Waals surface area contributed by atoms with Gasteiger partial charge in [0.15, 0.2) is 0 Å². The number of thioether (sulfide) groups is 1. The maximum Gasteiger partial charge on any atom is 0.293 e. The molecule has 2 aliphatic heterocycles. The fraction of sp³-hybridized carbons (Fsp3) is 0.214. The van der Waals surface area contributed by atoms with E-state index < -0.39 is 0 Å². The van der Waals surface area contributed by atoms with E-state index in [0.29, 0.717) is 17.7 Å². The second-order valence-corrected chi connectivity index (χ2v) is 5.46. The van der Waals surface area contributed by atoms with Gasteiger partial charge in [-0.2, -0.15) is 0 Å². The van der Waals surface area contributed by atoms with Crippen molar-refractivity contribution in [1.29, 1.82) is 0 Å². The summed E-state index contributed by atoms with van der Waals surface area (Å²) >= 11 is 0.843. The normalized spacial score (nSPS) is 22.0. The summed E-state index contributed by atoms with van der Waals surface area (Å²) in [4.78, 5) is 39.3. The summed E-state index contributed by atoms with van der Waals surface area (Å²) in [6.07, 6.45) is 0. The lowest BCUT2D eigenvalue weighted by atomic mass is 10.1. The standard InChI is InChI=1S/C14H12N2O3S/c1-3-16-13(18)11(20-14(16)19)10-8-6-4-5-7-9(8)15(2)12(10)17/h4-7H,3H2,1-2H3/b11-10-. The van der Waals surface area contributed by atoms with Crippen LogP contribution < -0.4 is 4.90 Å². The van der Waals surface area contributed by atoms with Crippen LogP contribution in [0.3, 0.4) is 0 Å². The van der Waals surface area contributed by atoms with Crippen molar-refractivity contribution in [1.82, 2.24) is 4.90 Å². The number of benzene rings is 1. The van der Waals surface area contributed by atoms with Gasteiger partial charge in [0.05, 0.1) is 16.2 Å². The molecule has 0 bridgehead atoms. The number of imide groups is 1. The summed E-state index contributed by atoms with van der Waals surface area (Å²) < 4.78 is 0. The zero-order valence-corrected chi connectivity index (χ0v) is 11.9. The Bertz CT molecular complexity index is 681. The highest BCUT2D eigenvalue weighted by Gasteiger charge is 2.41. The van der Waals surface area contributed by atoms with E-state index in [-0.39, 0.29) is 22.0 Å². The molecule has 3 rings (SSSR count). The maximum atomic E-state index is 12.4. The first-order valence-electron chi connectivity index (χ1n) is 6.21. The summed E-state index contributed by atoms with van der Waals surface area (Å²) in [5.41, 5.74) is 1.81. The molecule has 0 spiro atoms. The van der Waals surface area contributed by atoms with E-state index in [0.717, 1.165) is 22.3 Å². The molecule has 1 aromatic carbocycles. The van der Waals surface area contributed by atoms with Crippen molar-refractivity contribution in [2.45, 2.75) is 6.92 Å². The van der Waals surface area contributed by atoms with Crippen molar-refractivity contribution in [3.8, 4) is 0 Å². The molecule has 1 aromatic rings. The van der Waals surface area contributed by atoms with Crippen LogP contribution in [-0.4, -0.2) is 35.5 Å². The molecule has 0 atom stereocenters. The maximum absolute atomic E-state index is 12.4. The van der Waals surface area contributed by atoms with Gasteiger partial charge in [-0.1, -0.05) is 18.2 Å². The number of rotatable bonds is 1. The van der Waals surface area contributed by atoms with Crippen molar-refractivity contribution in [2.75, 3.05) is 18.5 Å². The van der Waals surface area contributed by atoms with E-state index in [1.807, 2.05) is 18.2 Å². The first kappa shape index (κ1) is 12.9. The summed E-state index contributed by atoms with van der Waals surface area (Å²) in [6, 6.07) is 7.27. The first-order chi connectivity index (χ1) is 9.56. The Morgan fingerprint density at radius 1 is 1.10 bits per heavy atom. The number of likely N-dealkylation sites (N-methyl/N-ethyl adjacent to an activating group) is 2. The fourth-order valence-corrected chi connectivity index (χ4v) is 3.41.